The van der Waals surface area contributed by atoms with Crippen LogP contribution in [0.3, 0.4) is 0 Å². The predicted molar refractivity (Wildman–Crippen MR) is 103 cm³/mol. The van der Waals surface area contributed by atoms with E-state index in [-0.39, 0.29) is 5.41 Å². The Hall–Kier alpha value is -1.96. The van der Waals surface area contributed by atoms with Crippen LogP contribution in [0, 0.1) is 5.41 Å². The molecule has 0 N–H and O–H groups in total. The van der Waals surface area contributed by atoms with E-state index in [4.69, 9.17) is 9.47 Å². The molecule has 0 saturated heterocycles. The fraction of sp³-hybridized carbons (Fsp3) is 0.455. The number of rotatable bonds is 6. The van der Waals surface area contributed by atoms with E-state index < -0.39 is 0 Å². The molecule has 130 valence electrons. The summed E-state index contributed by atoms with van der Waals surface area (Å²) in [5, 5.41) is 0. The summed E-state index contributed by atoms with van der Waals surface area (Å²) >= 11 is 0. The van der Waals surface area contributed by atoms with Gasteiger partial charge < -0.3 is 9.47 Å². The van der Waals surface area contributed by atoms with Crippen LogP contribution >= 0.6 is 0 Å². The summed E-state index contributed by atoms with van der Waals surface area (Å²) in [7, 11) is 0. The molecule has 0 bridgehead atoms. The zero-order valence-corrected chi connectivity index (χ0v) is 15.7. The molecule has 0 aromatic heterocycles. The highest BCUT2D eigenvalue weighted by atomic mass is 16.5. The number of hydrogen-bond acceptors (Lipinski definition) is 2. The van der Waals surface area contributed by atoms with Crippen LogP contribution < -0.4 is 9.47 Å². The van der Waals surface area contributed by atoms with Crippen molar-refractivity contribution in [1.29, 1.82) is 0 Å². The zero-order chi connectivity index (χ0) is 17.7. The van der Waals surface area contributed by atoms with Crippen molar-refractivity contribution in [3.8, 4) is 11.5 Å². The molecule has 0 aliphatic heterocycles. The maximum atomic E-state index is 5.94. The van der Waals surface area contributed by atoms with Gasteiger partial charge in [-0.05, 0) is 55.4 Å². The van der Waals surface area contributed by atoms with Gasteiger partial charge in [0.2, 0.25) is 0 Å². The van der Waals surface area contributed by atoms with E-state index in [0.717, 1.165) is 29.9 Å². The summed E-state index contributed by atoms with van der Waals surface area (Å²) in [6.07, 6.45) is 6.31. The smallest absolute Gasteiger partial charge is 0.130 e. The molecular weight excluding hydrogens is 296 g/mol. The minimum Gasteiger partial charge on any atom is -0.493 e. The number of allylic oxidation sites excluding steroid dienone is 5. The standard InChI is InChI=1S/C22H30O2/c1-7-16-13-14-18(22(4,5)6)17(15-16)21-19(23-8-2)11-10-12-20(21)24-9-3/h7,10-12,15H,1,8-9,13-14H2,2-6H3. The normalized spacial score (nSPS) is 15.1. The highest BCUT2D eigenvalue weighted by molar-refractivity contribution is 5.86. The lowest BCUT2D eigenvalue weighted by Gasteiger charge is -2.31. The average molecular weight is 326 g/mol. The SMILES string of the molecule is C=CC1=CC(c2c(OCC)cccc2OCC)=C(C(C)(C)C)CC1. The molecule has 0 spiro atoms. The summed E-state index contributed by atoms with van der Waals surface area (Å²) in [5.74, 6) is 1.78. The van der Waals surface area contributed by atoms with Crippen LogP contribution in [0.2, 0.25) is 0 Å². The Bertz CT molecular complexity index is 633. The Kier molecular flexibility index (Phi) is 5.93. The molecule has 0 heterocycles. The van der Waals surface area contributed by atoms with Crippen molar-refractivity contribution in [3.05, 3.63) is 53.6 Å². The van der Waals surface area contributed by atoms with Crippen molar-refractivity contribution in [2.45, 2.75) is 47.5 Å². The molecule has 0 amide bonds. The van der Waals surface area contributed by atoms with Crippen LogP contribution in [-0.4, -0.2) is 13.2 Å². The Morgan fingerprint density at radius 2 is 1.62 bits per heavy atom. The van der Waals surface area contributed by atoms with E-state index in [1.807, 2.05) is 38.1 Å². The van der Waals surface area contributed by atoms with Gasteiger partial charge in [-0.3, -0.25) is 0 Å². The average Bonchev–Trinajstić information content (AvgIpc) is 2.54. The van der Waals surface area contributed by atoms with Crippen molar-refractivity contribution >= 4 is 5.57 Å². The molecule has 0 saturated carbocycles. The summed E-state index contributed by atoms with van der Waals surface area (Å²) in [4.78, 5) is 0. The largest absolute Gasteiger partial charge is 0.493 e. The third kappa shape index (κ3) is 3.92. The Morgan fingerprint density at radius 1 is 1.04 bits per heavy atom. The van der Waals surface area contributed by atoms with Crippen molar-refractivity contribution in [2.75, 3.05) is 13.2 Å². The minimum atomic E-state index is 0.0986. The highest BCUT2D eigenvalue weighted by Gasteiger charge is 2.27. The quantitative estimate of drug-likeness (QED) is 0.620. The molecule has 1 aliphatic rings. The maximum absolute atomic E-state index is 5.94. The second-order valence-electron chi connectivity index (χ2n) is 7.06. The van der Waals surface area contributed by atoms with Crippen molar-refractivity contribution in [1.82, 2.24) is 0 Å². The second kappa shape index (κ2) is 7.74. The Morgan fingerprint density at radius 3 is 2.08 bits per heavy atom. The molecule has 0 fully saturated rings. The topological polar surface area (TPSA) is 18.5 Å². The molecule has 24 heavy (non-hydrogen) atoms. The van der Waals surface area contributed by atoms with Gasteiger partial charge in [0.25, 0.3) is 0 Å². The molecule has 0 unspecified atom stereocenters. The van der Waals surface area contributed by atoms with Crippen molar-refractivity contribution in [3.63, 3.8) is 0 Å². The van der Waals surface area contributed by atoms with Gasteiger partial charge in [0.15, 0.2) is 0 Å². The summed E-state index contributed by atoms with van der Waals surface area (Å²) in [5.41, 5.74) is 5.12. The van der Waals surface area contributed by atoms with Crippen LogP contribution in [0.4, 0.5) is 0 Å². The summed E-state index contributed by atoms with van der Waals surface area (Å²) < 4.78 is 11.9. The third-order valence-corrected chi connectivity index (χ3v) is 4.34. The summed E-state index contributed by atoms with van der Waals surface area (Å²) in [6, 6.07) is 6.06. The summed E-state index contributed by atoms with van der Waals surface area (Å²) in [6.45, 7) is 16.1. The van der Waals surface area contributed by atoms with E-state index in [1.54, 1.807) is 0 Å². The van der Waals surface area contributed by atoms with Gasteiger partial charge in [-0.2, -0.15) is 0 Å². The van der Waals surface area contributed by atoms with Gasteiger partial charge in [0, 0.05) is 0 Å². The first-order valence-electron chi connectivity index (χ1n) is 8.88. The molecule has 1 aromatic carbocycles. The zero-order valence-electron chi connectivity index (χ0n) is 15.7. The van der Waals surface area contributed by atoms with Gasteiger partial charge in [-0.15, -0.1) is 0 Å². The van der Waals surface area contributed by atoms with Crippen LogP contribution in [0.1, 0.15) is 53.0 Å². The van der Waals surface area contributed by atoms with Gasteiger partial charge in [0.1, 0.15) is 11.5 Å². The van der Waals surface area contributed by atoms with Crippen LogP contribution in [0.5, 0.6) is 11.5 Å². The van der Waals surface area contributed by atoms with E-state index in [0.29, 0.717) is 13.2 Å². The highest BCUT2D eigenvalue weighted by Crippen LogP contribution is 2.46. The van der Waals surface area contributed by atoms with Gasteiger partial charge in [-0.1, -0.05) is 51.1 Å². The molecule has 1 aliphatic carbocycles. The molecule has 2 nitrogen and oxygen atoms in total. The third-order valence-electron chi connectivity index (χ3n) is 4.34. The van der Waals surface area contributed by atoms with Crippen molar-refractivity contribution < 1.29 is 9.47 Å². The van der Waals surface area contributed by atoms with Crippen LogP contribution in [0.25, 0.3) is 5.57 Å². The molecule has 2 heteroatoms. The maximum Gasteiger partial charge on any atom is 0.130 e. The molecule has 2 rings (SSSR count). The van der Waals surface area contributed by atoms with E-state index in [1.165, 1.54) is 16.7 Å². The number of benzene rings is 1. The van der Waals surface area contributed by atoms with E-state index in [9.17, 15) is 0 Å². The molecule has 0 atom stereocenters. The number of ether oxygens (including phenoxy) is 2. The van der Waals surface area contributed by atoms with Crippen molar-refractivity contribution in [2.24, 2.45) is 5.41 Å². The van der Waals surface area contributed by atoms with Gasteiger partial charge in [0.05, 0.1) is 18.8 Å². The fourth-order valence-corrected chi connectivity index (χ4v) is 3.24. The Balaban J connectivity index is 2.75. The first-order valence-corrected chi connectivity index (χ1v) is 8.88. The van der Waals surface area contributed by atoms with E-state index >= 15 is 0 Å². The minimum absolute atomic E-state index is 0.0986. The van der Waals surface area contributed by atoms with Crippen LogP contribution in [0.15, 0.2) is 48.1 Å². The first-order chi connectivity index (χ1) is 11.4. The lowest BCUT2D eigenvalue weighted by Crippen LogP contribution is -2.15. The Labute approximate surface area is 146 Å². The van der Waals surface area contributed by atoms with Crippen LogP contribution in [-0.2, 0) is 0 Å². The first kappa shape index (κ1) is 18.4. The second-order valence-corrected chi connectivity index (χ2v) is 7.06. The van der Waals surface area contributed by atoms with Gasteiger partial charge in [-0.25, -0.2) is 0 Å². The predicted octanol–water partition coefficient (Wildman–Crippen LogP) is 6.19. The monoisotopic (exact) mass is 326 g/mol. The molecular formula is C22H30O2. The lowest BCUT2D eigenvalue weighted by molar-refractivity contribution is 0.321. The van der Waals surface area contributed by atoms with E-state index in [2.05, 4.69) is 33.4 Å². The molecule has 1 aromatic rings. The molecule has 0 radical (unpaired) electrons. The number of hydrogen-bond donors (Lipinski definition) is 0. The fourth-order valence-electron chi connectivity index (χ4n) is 3.24. The van der Waals surface area contributed by atoms with Gasteiger partial charge >= 0.3 is 0 Å². The lowest BCUT2D eigenvalue weighted by atomic mass is 9.75.